The Morgan fingerprint density at radius 2 is 2.06 bits per heavy atom. The second-order valence-electron chi connectivity index (χ2n) is 3.60. The second-order valence-corrected chi connectivity index (χ2v) is 4.49. The number of methoxy groups -OCH3 is 1. The third-order valence-electron chi connectivity index (χ3n) is 2.38. The molecule has 0 fully saturated rings. The molecule has 1 amide bonds. The monoisotopic (exact) mass is 270 g/mol. The minimum atomic E-state index is -1.55. The van der Waals surface area contributed by atoms with Gasteiger partial charge in [0, 0.05) is 7.05 Å². The molecule has 0 saturated heterocycles. The Hall–Kier alpha value is -1.56. The maximum Gasteiger partial charge on any atom is 0.411 e. The summed E-state index contributed by atoms with van der Waals surface area (Å²) in [6.45, 7) is 1.93. The molecule has 0 aliphatic heterocycles. The summed E-state index contributed by atoms with van der Waals surface area (Å²) < 4.78 is 22.3. The van der Waals surface area contributed by atoms with Crippen molar-refractivity contribution < 1.29 is 13.9 Å². The topological polar surface area (TPSA) is 41.9 Å². The fourth-order valence-corrected chi connectivity index (χ4v) is 1.81. The Morgan fingerprint density at radius 1 is 1.44 bits per heavy atom. The van der Waals surface area contributed by atoms with Crippen molar-refractivity contribution in [3.63, 3.8) is 0 Å². The molecule has 1 unspecified atom stereocenters. The number of nitrogens with zero attached hydrogens (tertiary/aromatic N) is 2. The van der Waals surface area contributed by atoms with Crippen molar-refractivity contribution >= 4 is 24.2 Å². The first-order chi connectivity index (χ1) is 8.56. The molecular formula is C12H15FN2O2S. The van der Waals surface area contributed by atoms with Gasteiger partial charge in [-0.25, -0.2) is 9.10 Å². The van der Waals surface area contributed by atoms with Gasteiger partial charge >= 0.3 is 6.16 Å². The molecule has 1 atom stereocenters. The Kier molecular flexibility index (Phi) is 5.64. The molecule has 4 nitrogen and oxygen atoms in total. The van der Waals surface area contributed by atoms with Crippen LogP contribution in [0.3, 0.4) is 0 Å². The van der Waals surface area contributed by atoms with Crippen LogP contribution >= 0.6 is 12.1 Å². The van der Waals surface area contributed by atoms with Gasteiger partial charge in [0.1, 0.15) is 12.1 Å². The summed E-state index contributed by atoms with van der Waals surface area (Å²) in [7, 11) is 2.80. The maximum atomic E-state index is 12.3. The molecule has 0 heterocycles. The van der Waals surface area contributed by atoms with E-state index in [0.29, 0.717) is 18.0 Å². The highest BCUT2D eigenvalue weighted by Crippen LogP contribution is 2.20. The van der Waals surface area contributed by atoms with E-state index in [-0.39, 0.29) is 5.92 Å². The molecule has 0 radical (unpaired) electrons. The summed E-state index contributed by atoms with van der Waals surface area (Å²) in [4.78, 5) is 10.4. The molecule has 1 aromatic rings. The lowest BCUT2D eigenvalue weighted by molar-refractivity contribution is 0.209. The van der Waals surface area contributed by atoms with E-state index in [9.17, 15) is 9.18 Å². The number of benzene rings is 1. The second kappa shape index (κ2) is 7.00. The van der Waals surface area contributed by atoms with Gasteiger partial charge in [-0.1, -0.05) is 30.3 Å². The molecule has 0 aromatic heterocycles. The lowest BCUT2D eigenvalue weighted by atomic mass is 10.0. The van der Waals surface area contributed by atoms with Crippen LogP contribution < -0.4 is 0 Å². The maximum absolute atomic E-state index is 12.3. The van der Waals surface area contributed by atoms with Gasteiger partial charge < -0.3 is 4.74 Å². The largest absolute Gasteiger partial charge is 0.483 e. The van der Waals surface area contributed by atoms with Crippen LogP contribution in [-0.4, -0.2) is 30.5 Å². The quantitative estimate of drug-likeness (QED) is 0.277. The van der Waals surface area contributed by atoms with E-state index in [2.05, 4.69) is 4.40 Å². The summed E-state index contributed by atoms with van der Waals surface area (Å²) in [6, 6.07) is 9.67. The summed E-state index contributed by atoms with van der Waals surface area (Å²) in [5, 5.41) is 0. The molecule has 0 aliphatic rings. The van der Waals surface area contributed by atoms with E-state index in [4.69, 9.17) is 4.74 Å². The number of ether oxygens (including phenoxy) is 1. The number of halogens is 1. The average Bonchev–Trinajstić information content (AvgIpc) is 2.39. The zero-order chi connectivity index (χ0) is 13.5. The molecule has 6 heteroatoms. The van der Waals surface area contributed by atoms with Gasteiger partial charge in [0.25, 0.3) is 0 Å². The van der Waals surface area contributed by atoms with Crippen LogP contribution in [0.2, 0.25) is 0 Å². The number of hydrogen-bond acceptors (Lipinski definition) is 4. The Bertz CT molecular complexity index is 425. The van der Waals surface area contributed by atoms with Crippen LogP contribution in [0.15, 0.2) is 34.7 Å². The van der Waals surface area contributed by atoms with E-state index in [1.54, 1.807) is 0 Å². The summed E-state index contributed by atoms with van der Waals surface area (Å²) in [6.07, 6.45) is -1.55. The van der Waals surface area contributed by atoms with Crippen molar-refractivity contribution in [2.45, 2.75) is 12.8 Å². The standard InChI is InChI=1S/C12H15FN2O2S/c1-9(10-7-5-4-6-8-10)11(17-3)14-18-15(2)12(13)16/h4-9H,1-3H3. The van der Waals surface area contributed by atoms with E-state index in [0.717, 1.165) is 9.87 Å². The first kappa shape index (κ1) is 14.5. The van der Waals surface area contributed by atoms with Gasteiger partial charge in [-0.2, -0.15) is 4.40 Å². The summed E-state index contributed by atoms with van der Waals surface area (Å²) in [5.74, 6) is 0.367. The molecule has 1 aromatic carbocycles. The van der Waals surface area contributed by atoms with Crippen molar-refractivity contribution in [3.05, 3.63) is 35.9 Å². The van der Waals surface area contributed by atoms with Crippen molar-refractivity contribution in [1.82, 2.24) is 4.31 Å². The highest BCUT2D eigenvalue weighted by Gasteiger charge is 2.15. The van der Waals surface area contributed by atoms with Crippen LogP contribution in [0.5, 0.6) is 0 Å². The number of amides is 1. The molecule has 18 heavy (non-hydrogen) atoms. The Morgan fingerprint density at radius 3 is 2.56 bits per heavy atom. The lowest BCUT2D eigenvalue weighted by Gasteiger charge is -2.14. The van der Waals surface area contributed by atoms with Gasteiger partial charge in [-0.15, -0.1) is 4.39 Å². The molecule has 1 rings (SSSR count). The third kappa shape index (κ3) is 4.03. The molecule has 0 bridgehead atoms. The predicted octanol–water partition coefficient (Wildman–Crippen LogP) is 3.42. The molecule has 0 spiro atoms. The van der Waals surface area contributed by atoms with Gasteiger partial charge in [0.05, 0.1) is 13.0 Å². The van der Waals surface area contributed by atoms with Crippen molar-refractivity contribution in [3.8, 4) is 0 Å². The SMILES string of the molecule is COC(=NSN(C)C(=O)F)C(C)c1ccccc1. The number of rotatable bonds is 4. The van der Waals surface area contributed by atoms with Crippen LogP contribution in [-0.2, 0) is 4.74 Å². The van der Waals surface area contributed by atoms with Gasteiger partial charge in [0.15, 0.2) is 0 Å². The summed E-state index contributed by atoms with van der Waals surface area (Å²) >= 11 is 0.712. The molecular weight excluding hydrogens is 255 g/mol. The van der Waals surface area contributed by atoms with Crippen LogP contribution in [0.1, 0.15) is 18.4 Å². The van der Waals surface area contributed by atoms with Crippen LogP contribution in [0.25, 0.3) is 0 Å². The Labute approximate surface area is 110 Å². The third-order valence-corrected chi connectivity index (χ3v) is 3.03. The summed E-state index contributed by atoms with van der Waals surface area (Å²) in [5.41, 5.74) is 1.04. The fourth-order valence-electron chi connectivity index (χ4n) is 1.31. The average molecular weight is 270 g/mol. The smallest absolute Gasteiger partial charge is 0.411 e. The van der Waals surface area contributed by atoms with E-state index in [1.807, 2.05) is 37.3 Å². The first-order valence-electron chi connectivity index (χ1n) is 5.33. The first-order valence-corrected chi connectivity index (χ1v) is 6.06. The van der Waals surface area contributed by atoms with Gasteiger partial charge in [-0.3, -0.25) is 0 Å². The van der Waals surface area contributed by atoms with E-state index < -0.39 is 6.16 Å². The van der Waals surface area contributed by atoms with Crippen molar-refractivity contribution in [2.75, 3.05) is 14.2 Å². The van der Waals surface area contributed by atoms with Crippen molar-refractivity contribution in [2.24, 2.45) is 4.40 Å². The van der Waals surface area contributed by atoms with Crippen LogP contribution in [0.4, 0.5) is 9.18 Å². The number of carbonyl (C=O) groups excluding carboxylic acids is 1. The lowest BCUT2D eigenvalue weighted by Crippen LogP contribution is -2.15. The number of carbonyl (C=O) groups is 1. The number of hydrogen-bond donors (Lipinski definition) is 0. The van der Waals surface area contributed by atoms with Gasteiger partial charge in [-0.05, 0) is 12.5 Å². The molecule has 0 aliphatic carbocycles. The van der Waals surface area contributed by atoms with E-state index >= 15 is 0 Å². The zero-order valence-electron chi connectivity index (χ0n) is 10.5. The van der Waals surface area contributed by atoms with Crippen LogP contribution in [0, 0.1) is 0 Å². The highest BCUT2D eigenvalue weighted by molar-refractivity contribution is 7.96. The minimum Gasteiger partial charge on any atom is -0.483 e. The van der Waals surface area contributed by atoms with Crippen molar-refractivity contribution in [1.29, 1.82) is 0 Å². The molecule has 0 N–H and O–H groups in total. The zero-order valence-corrected chi connectivity index (χ0v) is 11.3. The normalized spacial score (nSPS) is 13.0. The van der Waals surface area contributed by atoms with E-state index in [1.165, 1.54) is 14.2 Å². The highest BCUT2D eigenvalue weighted by atomic mass is 32.2. The Balaban J connectivity index is 2.77. The minimum absolute atomic E-state index is 0.0631. The molecule has 0 saturated carbocycles. The molecule has 98 valence electrons. The van der Waals surface area contributed by atoms with Gasteiger partial charge in [0.2, 0.25) is 5.90 Å². The predicted molar refractivity (Wildman–Crippen MR) is 71.2 cm³/mol. The fraction of sp³-hybridized carbons (Fsp3) is 0.333.